The second-order valence-corrected chi connectivity index (χ2v) is 9.65. The zero-order chi connectivity index (χ0) is 22.0. The number of carbonyl (C=O) groups is 1. The van der Waals surface area contributed by atoms with Gasteiger partial charge in [-0.3, -0.25) is 4.79 Å². The molecule has 170 valence electrons. The largest absolute Gasteiger partial charge is 0.365 e. The lowest BCUT2D eigenvalue weighted by molar-refractivity contribution is 0.100. The molecule has 32 heavy (non-hydrogen) atoms. The van der Waals surface area contributed by atoms with Gasteiger partial charge in [0.05, 0.1) is 5.56 Å². The van der Waals surface area contributed by atoms with E-state index in [1.807, 2.05) is 6.07 Å². The molecule has 4 N–H and O–H groups in total. The Morgan fingerprint density at radius 3 is 2.62 bits per heavy atom. The van der Waals surface area contributed by atoms with Crippen molar-refractivity contribution in [2.45, 2.75) is 32.1 Å². The Morgan fingerprint density at radius 1 is 1.09 bits per heavy atom. The lowest BCUT2D eigenvalue weighted by Gasteiger charge is -2.24. The number of anilines is 3. The lowest BCUT2D eigenvalue weighted by Crippen LogP contribution is -2.29. The van der Waals surface area contributed by atoms with E-state index in [1.165, 1.54) is 44.3 Å². The molecule has 7 heteroatoms. The highest BCUT2D eigenvalue weighted by Crippen LogP contribution is 2.38. The minimum atomic E-state index is -0.466. The number of aromatic nitrogens is 1. The molecule has 3 fully saturated rings. The van der Waals surface area contributed by atoms with Crippen molar-refractivity contribution in [1.29, 1.82) is 0 Å². The number of rotatable bonds is 7. The molecule has 1 atom stereocenters. The molecule has 0 radical (unpaired) electrons. The molecule has 3 aliphatic heterocycles. The maximum absolute atomic E-state index is 12.0. The Balaban J connectivity index is 1.28. The molecule has 4 heterocycles. The van der Waals surface area contributed by atoms with E-state index in [-0.39, 0.29) is 0 Å². The summed E-state index contributed by atoms with van der Waals surface area (Å²) in [5.41, 5.74) is 8.67. The van der Waals surface area contributed by atoms with Crippen LogP contribution in [0.25, 0.3) is 0 Å². The molecule has 2 aromatic rings. The van der Waals surface area contributed by atoms with Crippen LogP contribution in [0.5, 0.6) is 0 Å². The van der Waals surface area contributed by atoms with E-state index in [1.54, 1.807) is 6.07 Å². The standard InChI is InChI=1S/C25H34N6O/c26-23(32)21-7-8-22(31-16-11-25(18-31)10-12-27-17-25)29-24(21)28-20-5-3-19(4-6-20)9-15-30-13-1-2-14-30/h3-8,27H,1-2,9-18H2,(H2,26,32)(H,28,29). The maximum Gasteiger partial charge on any atom is 0.252 e. The summed E-state index contributed by atoms with van der Waals surface area (Å²) in [6.07, 6.45) is 6.12. The molecule has 1 amide bonds. The molecule has 7 nitrogen and oxygen atoms in total. The van der Waals surface area contributed by atoms with Crippen LogP contribution in [0, 0.1) is 5.41 Å². The van der Waals surface area contributed by atoms with E-state index in [0.29, 0.717) is 16.8 Å². The highest BCUT2D eigenvalue weighted by Gasteiger charge is 2.40. The number of likely N-dealkylation sites (tertiary alicyclic amines) is 1. The fourth-order valence-electron chi connectivity index (χ4n) is 5.38. The molecule has 3 saturated heterocycles. The molecule has 3 aliphatic rings. The Kier molecular flexibility index (Phi) is 6.02. The van der Waals surface area contributed by atoms with Gasteiger partial charge in [-0.15, -0.1) is 0 Å². The number of hydrogen-bond donors (Lipinski definition) is 3. The molecule has 5 rings (SSSR count). The number of primary amides is 1. The maximum atomic E-state index is 12.0. The minimum absolute atomic E-state index is 0.364. The van der Waals surface area contributed by atoms with Crippen molar-refractivity contribution in [2.24, 2.45) is 11.1 Å². The first kappa shape index (κ1) is 21.2. The predicted octanol–water partition coefficient (Wildman–Crippen LogP) is 2.75. The molecular weight excluding hydrogens is 400 g/mol. The van der Waals surface area contributed by atoms with Crippen LogP contribution < -0.4 is 21.3 Å². The summed E-state index contributed by atoms with van der Waals surface area (Å²) < 4.78 is 0. The number of pyridine rings is 1. The lowest BCUT2D eigenvalue weighted by atomic mass is 9.87. The van der Waals surface area contributed by atoms with E-state index in [9.17, 15) is 4.79 Å². The van der Waals surface area contributed by atoms with E-state index in [4.69, 9.17) is 10.7 Å². The zero-order valence-corrected chi connectivity index (χ0v) is 18.8. The third kappa shape index (κ3) is 4.59. The summed E-state index contributed by atoms with van der Waals surface area (Å²) in [5.74, 6) is 0.973. The normalized spacial score (nSPS) is 23.3. The molecule has 0 bridgehead atoms. The van der Waals surface area contributed by atoms with Crippen LogP contribution in [0.2, 0.25) is 0 Å². The van der Waals surface area contributed by atoms with Gasteiger partial charge < -0.3 is 26.2 Å². The van der Waals surface area contributed by atoms with Gasteiger partial charge >= 0.3 is 0 Å². The van der Waals surface area contributed by atoms with E-state index in [2.05, 4.69) is 44.7 Å². The topological polar surface area (TPSA) is 86.5 Å². The fourth-order valence-corrected chi connectivity index (χ4v) is 5.38. The highest BCUT2D eigenvalue weighted by molar-refractivity contribution is 5.98. The molecule has 1 aromatic carbocycles. The van der Waals surface area contributed by atoms with Gasteiger partial charge in [0.2, 0.25) is 0 Å². The number of benzene rings is 1. The van der Waals surface area contributed by atoms with Gasteiger partial charge in [-0.05, 0) is 81.6 Å². The first-order valence-corrected chi connectivity index (χ1v) is 12.0. The molecule has 0 saturated carbocycles. The van der Waals surface area contributed by atoms with Gasteiger partial charge in [-0.2, -0.15) is 0 Å². The summed E-state index contributed by atoms with van der Waals surface area (Å²) >= 11 is 0. The number of nitrogens with one attached hydrogen (secondary N) is 2. The Labute approximate surface area is 190 Å². The summed E-state index contributed by atoms with van der Waals surface area (Å²) in [7, 11) is 0. The van der Waals surface area contributed by atoms with Crippen LogP contribution in [0.15, 0.2) is 36.4 Å². The summed E-state index contributed by atoms with van der Waals surface area (Å²) in [6, 6.07) is 12.2. The van der Waals surface area contributed by atoms with Crippen molar-refractivity contribution in [2.75, 3.05) is 56.0 Å². The van der Waals surface area contributed by atoms with Crippen LogP contribution in [-0.2, 0) is 6.42 Å². The number of hydrogen-bond acceptors (Lipinski definition) is 6. The SMILES string of the molecule is NC(=O)c1ccc(N2CCC3(CCNC3)C2)nc1Nc1ccc(CCN2CCCC2)cc1. The van der Waals surface area contributed by atoms with Gasteiger partial charge in [0.15, 0.2) is 0 Å². The van der Waals surface area contributed by atoms with E-state index >= 15 is 0 Å². The van der Waals surface area contributed by atoms with Crippen molar-refractivity contribution in [3.63, 3.8) is 0 Å². The van der Waals surface area contributed by atoms with Gasteiger partial charge in [-0.25, -0.2) is 4.98 Å². The first-order chi connectivity index (χ1) is 15.6. The second kappa shape index (κ2) is 9.08. The van der Waals surface area contributed by atoms with Crippen molar-refractivity contribution >= 4 is 23.2 Å². The predicted molar refractivity (Wildman–Crippen MR) is 129 cm³/mol. The molecule has 1 spiro atoms. The van der Waals surface area contributed by atoms with Crippen molar-refractivity contribution < 1.29 is 4.79 Å². The van der Waals surface area contributed by atoms with E-state index < -0.39 is 5.91 Å². The van der Waals surface area contributed by atoms with Crippen molar-refractivity contribution in [3.8, 4) is 0 Å². The number of nitrogens with two attached hydrogens (primary N) is 1. The zero-order valence-electron chi connectivity index (χ0n) is 18.8. The first-order valence-electron chi connectivity index (χ1n) is 12.0. The highest BCUT2D eigenvalue weighted by atomic mass is 16.1. The van der Waals surface area contributed by atoms with Crippen LogP contribution in [0.4, 0.5) is 17.3 Å². The van der Waals surface area contributed by atoms with Gasteiger partial charge in [0.1, 0.15) is 11.6 Å². The molecule has 1 aromatic heterocycles. The van der Waals surface area contributed by atoms with Crippen LogP contribution in [-0.4, -0.2) is 61.6 Å². The number of nitrogens with zero attached hydrogens (tertiary/aromatic N) is 3. The Bertz CT molecular complexity index is 947. The summed E-state index contributed by atoms with van der Waals surface area (Å²) in [4.78, 5) is 21.7. The molecule has 0 aliphatic carbocycles. The van der Waals surface area contributed by atoms with Gasteiger partial charge in [-0.1, -0.05) is 12.1 Å². The van der Waals surface area contributed by atoms with Crippen molar-refractivity contribution in [1.82, 2.24) is 15.2 Å². The molecular formula is C25H34N6O. The molecule has 1 unspecified atom stereocenters. The number of amides is 1. The van der Waals surface area contributed by atoms with Gasteiger partial charge in [0, 0.05) is 37.3 Å². The monoisotopic (exact) mass is 434 g/mol. The minimum Gasteiger partial charge on any atom is -0.365 e. The second-order valence-electron chi connectivity index (χ2n) is 9.65. The Morgan fingerprint density at radius 2 is 1.91 bits per heavy atom. The summed E-state index contributed by atoms with van der Waals surface area (Å²) in [6.45, 7) is 7.76. The summed E-state index contributed by atoms with van der Waals surface area (Å²) in [5, 5.41) is 6.84. The fraction of sp³-hybridized carbons (Fsp3) is 0.520. The van der Waals surface area contributed by atoms with Crippen LogP contribution in [0.1, 0.15) is 41.6 Å². The smallest absolute Gasteiger partial charge is 0.252 e. The average molecular weight is 435 g/mol. The third-order valence-electron chi connectivity index (χ3n) is 7.37. The quantitative estimate of drug-likeness (QED) is 0.621. The van der Waals surface area contributed by atoms with Gasteiger partial charge in [0.25, 0.3) is 5.91 Å². The third-order valence-corrected chi connectivity index (χ3v) is 7.37. The van der Waals surface area contributed by atoms with Crippen LogP contribution in [0.3, 0.4) is 0 Å². The number of carbonyl (C=O) groups excluding carboxylic acids is 1. The Hall–Kier alpha value is -2.64. The van der Waals surface area contributed by atoms with Crippen molar-refractivity contribution in [3.05, 3.63) is 47.5 Å². The average Bonchev–Trinajstić information content (AvgIpc) is 3.57. The van der Waals surface area contributed by atoms with E-state index in [0.717, 1.165) is 50.6 Å². The van der Waals surface area contributed by atoms with Crippen LogP contribution >= 0.6 is 0 Å².